The van der Waals surface area contributed by atoms with Gasteiger partial charge in [-0.05, 0) is 24.4 Å². The Morgan fingerprint density at radius 1 is 1.30 bits per heavy atom. The molecule has 0 amide bonds. The van der Waals surface area contributed by atoms with Gasteiger partial charge in [-0.15, -0.1) is 10.2 Å². The van der Waals surface area contributed by atoms with Gasteiger partial charge in [0.1, 0.15) is 17.2 Å². The molecular weight excluding hydrogens is 377 g/mol. The first-order chi connectivity index (χ1) is 12.9. The quantitative estimate of drug-likeness (QED) is 0.302. The van der Waals surface area contributed by atoms with Crippen molar-refractivity contribution in [2.75, 3.05) is 0 Å². The molecule has 0 atom stereocenters. The van der Waals surface area contributed by atoms with Crippen LogP contribution in [-0.2, 0) is 0 Å². The van der Waals surface area contributed by atoms with Crippen LogP contribution < -0.4 is 5.73 Å². The number of thiocarbonyl (C=S) groups is 1. The van der Waals surface area contributed by atoms with E-state index in [1.165, 1.54) is 30.5 Å². The van der Waals surface area contributed by atoms with Gasteiger partial charge in [0, 0.05) is 23.8 Å². The molecule has 2 aromatic heterocycles. The Morgan fingerprint density at radius 3 is 2.59 bits per heavy atom. The zero-order valence-electron chi connectivity index (χ0n) is 13.4. The molecule has 0 aliphatic rings. The fraction of sp³-hybridized carbons (Fsp3) is 0. The molecule has 0 radical (unpaired) electrons. The van der Waals surface area contributed by atoms with Crippen LogP contribution in [0, 0.1) is 15.9 Å². The summed E-state index contributed by atoms with van der Waals surface area (Å²) < 4.78 is 14.1. The van der Waals surface area contributed by atoms with E-state index < -0.39 is 16.6 Å². The molecule has 0 aliphatic heterocycles. The molecule has 0 saturated carbocycles. The third-order valence-corrected chi connectivity index (χ3v) is 3.53. The Hall–Kier alpha value is -3.80. The SMILES string of the molecule is NC(=S)n1nc(-c2ccc([N+](=O)[O-])cc2)c(/N=N/c2cncc(F)c2)c1O. The minimum Gasteiger partial charge on any atom is -0.492 e. The number of benzene rings is 1. The molecule has 27 heavy (non-hydrogen) atoms. The molecule has 0 spiro atoms. The number of hydrogen-bond donors (Lipinski definition) is 2. The van der Waals surface area contributed by atoms with Crippen LogP contribution in [0.1, 0.15) is 0 Å². The summed E-state index contributed by atoms with van der Waals surface area (Å²) in [5, 5.41) is 32.6. The third kappa shape index (κ3) is 3.74. The first-order valence-corrected chi connectivity index (χ1v) is 7.66. The number of hydrogen-bond acceptors (Lipinski definition) is 8. The average Bonchev–Trinajstić information content (AvgIpc) is 2.97. The van der Waals surface area contributed by atoms with Crippen molar-refractivity contribution in [1.82, 2.24) is 14.8 Å². The summed E-state index contributed by atoms with van der Waals surface area (Å²) in [4.78, 5) is 13.9. The van der Waals surface area contributed by atoms with Crippen molar-refractivity contribution in [2.24, 2.45) is 16.0 Å². The number of aromatic nitrogens is 3. The van der Waals surface area contributed by atoms with E-state index in [1.807, 2.05) is 0 Å². The first-order valence-electron chi connectivity index (χ1n) is 7.25. The number of pyridine rings is 1. The van der Waals surface area contributed by atoms with Crippen LogP contribution in [0.25, 0.3) is 11.3 Å². The number of azo groups is 1. The highest BCUT2D eigenvalue weighted by Crippen LogP contribution is 2.38. The number of non-ortho nitro benzene ring substituents is 1. The molecule has 3 aromatic rings. The zero-order chi connectivity index (χ0) is 19.6. The number of halogens is 1. The summed E-state index contributed by atoms with van der Waals surface area (Å²) in [5.41, 5.74) is 5.93. The lowest BCUT2D eigenvalue weighted by molar-refractivity contribution is -0.384. The predicted octanol–water partition coefficient (Wildman–Crippen LogP) is 3.21. The normalized spacial score (nSPS) is 11.0. The van der Waals surface area contributed by atoms with Gasteiger partial charge in [0.25, 0.3) is 5.69 Å². The van der Waals surface area contributed by atoms with Crippen LogP contribution in [0.3, 0.4) is 0 Å². The maximum absolute atomic E-state index is 13.2. The van der Waals surface area contributed by atoms with Gasteiger partial charge in [0.15, 0.2) is 10.8 Å². The van der Waals surface area contributed by atoms with Crippen LogP contribution in [-0.4, -0.2) is 29.9 Å². The van der Waals surface area contributed by atoms with Crippen LogP contribution in [0.4, 0.5) is 21.5 Å². The van der Waals surface area contributed by atoms with Crippen molar-refractivity contribution in [2.45, 2.75) is 0 Å². The Bertz CT molecular complexity index is 1070. The second kappa shape index (κ2) is 7.21. The first kappa shape index (κ1) is 18.0. The van der Waals surface area contributed by atoms with Gasteiger partial charge in [-0.25, -0.2) is 4.39 Å². The minimum atomic E-state index is -0.606. The minimum absolute atomic E-state index is 0.0964. The average molecular weight is 387 g/mol. The number of aromatic hydroxyl groups is 1. The van der Waals surface area contributed by atoms with Crippen molar-refractivity contribution < 1.29 is 14.4 Å². The van der Waals surface area contributed by atoms with Crippen LogP contribution >= 0.6 is 12.2 Å². The second-order valence-electron chi connectivity index (χ2n) is 5.14. The van der Waals surface area contributed by atoms with Gasteiger partial charge in [0.2, 0.25) is 5.88 Å². The van der Waals surface area contributed by atoms with E-state index in [9.17, 15) is 19.6 Å². The van der Waals surface area contributed by atoms with Gasteiger partial charge in [-0.1, -0.05) is 0 Å². The predicted molar refractivity (Wildman–Crippen MR) is 96.5 cm³/mol. The molecule has 0 aliphatic carbocycles. The van der Waals surface area contributed by atoms with Crippen LogP contribution in [0.15, 0.2) is 53.0 Å². The molecule has 0 saturated heterocycles. The molecule has 3 N–H and O–H groups in total. The van der Waals surface area contributed by atoms with E-state index in [-0.39, 0.29) is 27.9 Å². The van der Waals surface area contributed by atoms with Gasteiger partial charge >= 0.3 is 0 Å². The van der Waals surface area contributed by atoms with Crippen LogP contribution in [0.5, 0.6) is 5.88 Å². The summed E-state index contributed by atoms with van der Waals surface area (Å²) in [5.74, 6) is -1.09. The molecule has 0 fully saturated rings. The molecule has 1 aromatic carbocycles. The van der Waals surface area contributed by atoms with Crippen molar-refractivity contribution >= 4 is 34.4 Å². The standard InChI is InChI=1S/C15H10FN7O3S/c16-9-5-10(7-18-6-9)19-20-13-12(21-22(14(13)24)15(17)27)8-1-3-11(4-2-8)23(25)26/h1-7,24H,(H2,17,27)/b20-19+. The molecule has 136 valence electrons. The largest absolute Gasteiger partial charge is 0.492 e. The highest BCUT2D eigenvalue weighted by Gasteiger charge is 2.21. The monoisotopic (exact) mass is 387 g/mol. The lowest BCUT2D eigenvalue weighted by Crippen LogP contribution is -2.19. The fourth-order valence-electron chi connectivity index (χ4n) is 2.15. The van der Waals surface area contributed by atoms with E-state index in [1.54, 1.807) is 0 Å². The van der Waals surface area contributed by atoms with E-state index >= 15 is 0 Å². The summed E-state index contributed by atoms with van der Waals surface area (Å²) in [6, 6.07) is 6.48. The number of rotatable bonds is 4. The second-order valence-corrected chi connectivity index (χ2v) is 5.55. The molecule has 12 heteroatoms. The highest BCUT2D eigenvalue weighted by atomic mass is 32.1. The molecule has 10 nitrogen and oxygen atoms in total. The highest BCUT2D eigenvalue weighted by molar-refractivity contribution is 7.80. The van der Waals surface area contributed by atoms with Crippen molar-refractivity contribution in [1.29, 1.82) is 0 Å². The van der Waals surface area contributed by atoms with Crippen molar-refractivity contribution in [3.63, 3.8) is 0 Å². The summed E-state index contributed by atoms with van der Waals surface area (Å²) >= 11 is 4.82. The number of nitro benzene ring substituents is 1. The summed E-state index contributed by atoms with van der Waals surface area (Å²) in [6.07, 6.45) is 2.27. The third-order valence-electron chi connectivity index (χ3n) is 3.35. The molecule has 0 unspecified atom stereocenters. The van der Waals surface area contributed by atoms with Crippen molar-refractivity contribution in [3.8, 4) is 17.1 Å². The lowest BCUT2D eigenvalue weighted by Gasteiger charge is -1.98. The van der Waals surface area contributed by atoms with E-state index in [0.717, 1.165) is 16.9 Å². The molecular formula is C15H10FN7O3S. The van der Waals surface area contributed by atoms with Gasteiger partial charge in [-0.3, -0.25) is 15.1 Å². The Labute approximate surface area is 155 Å². The van der Waals surface area contributed by atoms with Gasteiger partial charge in [0.05, 0.1) is 17.3 Å². The number of nitro groups is 1. The Morgan fingerprint density at radius 2 is 2.00 bits per heavy atom. The summed E-state index contributed by atoms with van der Waals surface area (Å²) in [6.45, 7) is 0. The Kier molecular flexibility index (Phi) is 4.81. The molecule has 2 heterocycles. The summed E-state index contributed by atoms with van der Waals surface area (Å²) in [7, 11) is 0. The topological polar surface area (TPSA) is 145 Å². The van der Waals surface area contributed by atoms with E-state index in [0.29, 0.717) is 5.56 Å². The maximum atomic E-state index is 13.2. The number of nitrogens with two attached hydrogens (primary N) is 1. The molecule has 0 bridgehead atoms. The van der Waals surface area contributed by atoms with E-state index in [4.69, 9.17) is 18.0 Å². The molecule has 3 rings (SSSR count). The lowest BCUT2D eigenvalue weighted by atomic mass is 10.1. The smallest absolute Gasteiger partial charge is 0.269 e. The van der Waals surface area contributed by atoms with Gasteiger partial charge in [-0.2, -0.15) is 9.78 Å². The Balaban J connectivity index is 2.09. The van der Waals surface area contributed by atoms with Gasteiger partial charge < -0.3 is 10.8 Å². The maximum Gasteiger partial charge on any atom is 0.269 e. The zero-order valence-corrected chi connectivity index (χ0v) is 14.2. The fourth-order valence-corrected chi connectivity index (χ4v) is 2.27. The van der Waals surface area contributed by atoms with Crippen molar-refractivity contribution in [3.05, 3.63) is 58.7 Å². The number of nitrogens with zero attached hydrogens (tertiary/aromatic N) is 6. The van der Waals surface area contributed by atoms with E-state index in [2.05, 4.69) is 20.3 Å². The van der Waals surface area contributed by atoms with Crippen LogP contribution in [0.2, 0.25) is 0 Å².